The number of aliphatic hydroxyl groups excluding tert-OH is 1. The second kappa shape index (κ2) is 14.4. The van der Waals surface area contributed by atoms with Crippen LogP contribution >= 0.6 is 0 Å². The van der Waals surface area contributed by atoms with E-state index in [0.29, 0.717) is 19.3 Å². The van der Waals surface area contributed by atoms with Gasteiger partial charge in [-0.2, -0.15) is 0 Å². The number of carbonyl (C=O) groups excluding carboxylic acids is 2. The molecule has 31 heavy (non-hydrogen) atoms. The summed E-state index contributed by atoms with van der Waals surface area (Å²) in [5, 5.41) is 32.5. The number of hydrogen-bond donors (Lipinski definition) is 7. The van der Waals surface area contributed by atoms with Gasteiger partial charge in [-0.05, 0) is 38.0 Å². The number of carboxylic acids is 2. The Morgan fingerprint density at radius 1 is 1.00 bits per heavy atom. The van der Waals surface area contributed by atoms with E-state index in [-0.39, 0.29) is 37.5 Å². The van der Waals surface area contributed by atoms with Gasteiger partial charge in [0, 0.05) is 12.1 Å². The van der Waals surface area contributed by atoms with E-state index < -0.39 is 47.8 Å². The molecular weight excluding hydrogens is 408 g/mol. The van der Waals surface area contributed by atoms with Crippen LogP contribution < -0.4 is 22.1 Å². The minimum absolute atomic E-state index is 0.140. The maximum absolute atomic E-state index is 12.4. The molecule has 4 atom stereocenters. The first kappa shape index (κ1) is 28.3. The molecular formula is C20H36N4O7. The molecule has 0 aromatic heterocycles. The number of carbonyl (C=O) groups is 4. The van der Waals surface area contributed by atoms with E-state index in [1.165, 1.54) is 0 Å². The zero-order chi connectivity index (χ0) is 24.1. The van der Waals surface area contributed by atoms with E-state index in [9.17, 15) is 29.4 Å². The normalized spacial score (nSPS) is 14.9. The van der Waals surface area contributed by atoms with Gasteiger partial charge in [-0.3, -0.25) is 14.4 Å². The van der Waals surface area contributed by atoms with Gasteiger partial charge in [-0.25, -0.2) is 4.79 Å². The van der Waals surface area contributed by atoms with Crippen molar-refractivity contribution in [2.24, 2.45) is 23.3 Å². The molecule has 0 fully saturated rings. The molecule has 0 aliphatic heterocycles. The Kier molecular flexibility index (Phi) is 13.1. The molecule has 0 unspecified atom stereocenters. The molecule has 9 N–H and O–H groups in total. The van der Waals surface area contributed by atoms with Crippen molar-refractivity contribution in [3.63, 3.8) is 0 Å². The summed E-state index contributed by atoms with van der Waals surface area (Å²) in [5.74, 6) is -4.05. The van der Waals surface area contributed by atoms with Gasteiger partial charge in [0.15, 0.2) is 0 Å². The van der Waals surface area contributed by atoms with E-state index in [0.717, 1.165) is 0 Å². The largest absolute Gasteiger partial charge is 0.480 e. The lowest BCUT2D eigenvalue weighted by atomic mass is 9.93. The first-order valence-corrected chi connectivity index (χ1v) is 10.2. The van der Waals surface area contributed by atoms with Crippen LogP contribution in [0.15, 0.2) is 12.3 Å². The van der Waals surface area contributed by atoms with Crippen LogP contribution in [0.2, 0.25) is 0 Å². The molecule has 2 amide bonds. The van der Waals surface area contributed by atoms with Crippen molar-refractivity contribution in [2.45, 2.75) is 70.5 Å². The Morgan fingerprint density at radius 3 is 2.06 bits per heavy atom. The van der Waals surface area contributed by atoms with Crippen LogP contribution in [-0.4, -0.2) is 63.8 Å². The molecule has 0 saturated carbocycles. The van der Waals surface area contributed by atoms with Crippen LogP contribution in [-0.2, 0) is 19.2 Å². The monoisotopic (exact) mass is 444 g/mol. The summed E-state index contributed by atoms with van der Waals surface area (Å²) < 4.78 is 0. The van der Waals surface area contributed by atoms with E-state index in [1.54, 1.807) is 0 Å². The van der Waals surface area contributed by atoms with Gasteiger partial charge in [0.1, 0.15) is 12.1 Å². The summed E-state index contributed by atoms with van der Waals surface area (Å²) in [6.07, 6.45) is 0.961. The standard InChI is InChI=1S/C20H36N4O7/c1-11(2)9-14(12(3)21)18(27)24-16(20(30)31)7-8-17(26)23-13(10-25)5-4-6-15(22)19(28)29/h11,13-16,25H,3-10,21-22H2,1-2H3,(H,23,26)(H,24,27)(H,28,29)(H,30,31)/t13-,14+,15+,16+/m0/s1. The van der Waals surface area contributed by atoms with E-state index in [4.69, 9.17) is 16.6 Å². The lowest BCUT2D eigenvalue weighted by molar-refractivity contribution is -0.142. The van der Waals surface area contributed by atoms with Crippen LogP contribution in [0.4, 0.5) is 0 Å². The molecule has 0 aliphatic carbocycles. The quantitative estimate of drug-likeness (QED) is 0.164. The SMILES string of the molecule is C=C(N)[C@@H](CC(C)C)C(=O)N[C@H](CCC(=O)N[C@H](CO)CCC[C@@H](N)C(=O)O)C(=O)O. The van der Waals surface area contributed by atoms with Crippen molar-refractivity contribution >= 4 is 23.8 Å². The Bertz CT molecular complexity index is 639. The van der Waals surface area contributed by atoms with Crippen molar-refractivity contribution in [2.75, 3.05) is 6.61 Å². The topological polar surface area (TPSA) is 205 Å². The van der Waals surface area contributed by atoms with Crippen molar-refractivity contribution in [3.8, 4) is 0 Å². The molecule has 0 aromatic carbocycles. The highest BCUT2D eigenvalue weighted by atomic mass is 16.4. The summed E-state index contributed by atoms with van der Waals surface area (Å²) in [4.78, 5) is 46.8. The van der Waals surface area contributed by atoms with Crippen LogP contribution in [0.5, 0.6) is 0 Å². The van der Waals surface area contributed by atoms with Crippen molar-refractivity contribution < 1.29 is 34.5 Å². The summed E-state index contributed by atoms with van der Waals surface area (Å²) in [6.45, 7) is 7.02. The summed E-state index contributed by atoms with van der Waals surface area (Å²) >= 11 is 0. The van der Waals surface area contributed by atoms with Gasteiger partial charge in [0.05, 0.1) is 18.6 Å². The number of nitrogens with two attached hydrogens (primary N) is 2. The Morgan fingerprint density at radius 2 is 1.61 bits per heavy atom. The molecule has 0 rings (SSSR count). The fourth-order valence-electron chi connectivity index (χ4n) is 2.92. The fraction of sp³-hybridized carbons (Fsp3) is 0.700. The van der Waals surface area contributed by atoms with Crippen LogP contribution in [0.3, 0.4) is 0 Å². The highest BCUT2D eigenvalue weighted by molar-refractivity contribution is 5.87. The van der Waals surface area contributed by atoms with Gasteiger partial charge in [0.25, 0.3) is 0 Å². The molecule has 0 radical (unpaired) electrons. The van der Waals surface area contributed by atoms with Crippen LogP contribution in [0, 0.1) is 11.8 Å². The second-order valence-corrected chi connectivity index (χ2v) is 8.02. The van der Waals surface area contributed by atoms with E-state index in [2.05, 4.69) is 17.2 Å². The molecule has 0 aliphatic rings. The average Bonchev–Trinajstić information content (AvgIpc) is 2.67. The van der Waals surface area contributed by atoms with E-state index in [1.807, 2.05) is 13.8 Å². The van der Waals surface area contributed by atoms with Crippen molar-refractivity contribution in [1.82, 2.24) is 10.6 Å². The van der Waals surface area contributed by atoms with Gasteiger partial charge >= 0.3 is 11.9 Å². The number of aliphatic carboxylic acids is 2. The zero-order valence-electron chi connectivity index (χ0n) is 18.2. The van der Waals surface area contributed by atoms with Gasteiger partial charge in [-0.15, -0.1) is 0 Å². The number of rotatable bonds is 16. The molecule has 0 spiro atoms. The maximum Gasteiger partial charge on any atom is 0.326 e. The van der Waals surface area contributed by atoms with Gasteiger partial charge in [-0.1, -0.05) is 20.4 Å². The molecule has 178 valence electrons. The number of aliphatic hydroxyl groups is 1. The third-order valence-corrected chi connectivity index (χ3v) is 4.72. The second-order valence-electron chi connectivity index (χ2n) is 8.02. The Hall–Kier alpha value is -2.66. The number of amides is 2. The third kappa shape index (κ3) is 11.9. The van der Waals surface area contributed by atoms with Crippen LogP contribution in [0.25, 0.3) is 0 Å². The molecule has 0 aromatic rings. The minimum Gasteiger partial charge on any atom is -0.480 e. The third-order valence-electron chi connectivity index (χ3n) is 4.72. The smallest absolute Gasteiger partial charge is 0.326 e. The van der Waals surface area contributed by atoms with Crippen molar-refractivity contribution in [3.05, 3.63) is 12.3 Å². The fourth-order valence-corrected chi connectivity index (χ4v) is 2.92. The lowest BCUT2D eigenvalue weighted by Crippen LogP contribution is -2.46. The molecule has 0 heterocycles. The Labute approximate surface area is 182 Å². The van der Waals surface area contributed by atoms with Gasteiger partial charge < -0.3 is 37.4 Å². The van der Waals surface area contributed by atoms with Crippen molar-refractivity contribution in [1.29, 1.82) is 0 Å². The number of carboxylic acid groups (broad SMARTS) is 2. The highest BCUT2D eigenvalue weighted by Crippen LogP contribution is 2.17. The molecule has 11 nitrogen and oxygen atoms in total. The summed E-state index contributed by atoms with van der Waals surface area (Å²) in [6, 6.07) is -2.91. The first-order chi connectivity index (χ1) is 14.4. The predicted molar refractivity (Wildman–Crippen MR) is 114 cm³/mol. The molecule has 0 saturated heterocycles. The zero-order valence-corrected chi connectivity index (χ0v) is 18.2. The number of hydrogen-bond acceptors (Lipinski definition) is 7. The maximum atomic E-state index is 12.4. The number of nitrogens with one attached hydrogen (secondary N) is 2. The van der Waals surface area contributed by atoms with Crippen LogP contribution in [0.1, 0.15) is 52.4 Å². The minimum atomic E-state index is -1.28. The van der Waals surface area contributed by atoms with E-state index >= 15 is 0 Å². The summed E-state index contributed by atoms with van der Waals surface area (Å²) in [5.41, 5.74) is 11.2. The molecule has 11 heteroatoms. The molecule has 0 bridgehead atoms. The highest BCUT2D eigenvalue weighted by Gasteiger charge is 2.27. The Balaban J connectivity index is 4.69. The summed E-state index contributed by atoms with van der Waals surface area (Å²) in [7, 11) is 0. The van der Waals surface area contributed by atoms with Gasteiger partial charge in [0.2, 0.25) is 11.8 Å². The first-order valence-electron chi connectivity index (χ1n) is 10.2. The predicted octanol–water partition coefficient (Wildman–Crippen LogP) is -0.470. The average molecular weight is 445 g/mol. The lowest BCUT2D eigenvalue weighted by Gasteiger charge is -2.22.